The summed E-state index contributed by atoms with van der Waals surface area (Å²) in [5, 5.41) is 19.5. The van der Waals surface area contributed by atoms with Crippen molar-refractivity contribution in [1.29, 1.82) is 5.26 Å². The Balaban J connectivity index is 3.47. The Morgan fingerprint density at radius 1 is 1.53 bits per heavy atom. The molecule has 0 aliphatic carbocycles. The first kappa shape index (κ1) is 14.3. The number of carbonyl (C=O) groups excluding carboxylic acids is 1. The molecule has 7 nitrogen and oxygen atoms in total. The van der Waals surface area contributed by atoms with E-state index in [1.165, 1.54) is 0 Å². The van der Waals surface area contributed by atoms with E-state index in [2.05, 4.69) is 9.47 Å². The molecule has 0 aliphatic rings. The van der Waals surface area contributed by atoms with Crippen LogP contribution in [0.25, 0.3) is 0 Å². The number of hydrogen-bond acceptors (Lipinski definition) is 6. The highest BCUT2D eigenvalue weighted by Crippen LogP contribution is 2.32. The van der Waals surface area contributed by atoms with E-state index in [9.17, 15) is 23.7 Å². The van der Waals surface area contributed by atoms with Crippen LogP contribution >= 0.6 is 0 Å². The first-order valence-electron chi connectivity index (χ1n) is 4.66. The van der Waals surface area contributed by atoms with E-state index >= 15 is 0 Å². The molecule has 0 amide bonds. The lowest BCUT2D eigenvalue weighted by Gasteiger charge is -2.08. The molecule has 0 saturated heterocycles. The molecule has 9 heteroatoms. The molecule has 1 aromatic rings. The highest BCUT2D eigenvalue weighted by atomic mass is 19.3. The van der Waals surface area contributed by atoms with Gasteiger partial charge in [0.15, 0.2) is 0 Å². The van der Waals surface area contributed by atoms with E-state index < -0.39 is 34.5 Å². The Morgan fingerprint density at radius 2 is 2.16 bits per heavy atom. The normalized spacial score (nSPS) is 9.84. The van der Waals surface area contributed by atoms with E-state index in [4.69, 9.17) is 5.26 Å². The van der Waals surface area contributed by atoms with Gasteiger partial charge in [0.05, 0.1) is 23.2 Å². The number of nitro benzene ring substituents is 1. The molecule has 1 rings (SSSR count). The summed E-state index contributed by atoms with van der Waals surface area (Å²) in [7, 11) is 1.01. The second kappa shape index (κ2) is 5.72. The van der Waals surface area contributed by atoms with Crippen molar-refractivity contribution in [2.24, 2.45) is 0 Å². The van der Waals surface area contributed by atoms with E-state index in [-0.39, 0.29) is 5.56 Å². The topological polar surface area (TPSA) is 102 Å². The maximum absolute atomic E-state index is 12.1. The maximum Gasteiger partial charge on any atom is 0.387 e. The quantitative estimate of drug-likeness (QED) is 0.470. The SMILES string of the molecule is COC(=O)c1cc([N+](=O)[O-])c(OC(F)F)cc1C#N. The van der Waals surface area contributed by atoms with Crippen LogP contribution in [0.3, 0.4) is 0 Å². The first-order valence-corrected chi connectivity index (χ1v) is 4.66. The van der Waals surface area contributed by atoms with E-state index in [0.29, 0.717) is 12.1 Å². The Bertz CT molecular complexity index is 568. The number of hydrogen-bond donors (Lipinski definition) is 0. The van der Waals surface area contributed by atoms with Gasteiger partial charge in [-0.3, -0.25) is 10.1 Å². The summed E-state index contributed by atoms with van der Waals surface area (Å²) in [6.45, 7) is -3.30. The number of nitriles is 1. The summed E-state index contributed by atoms with van der Waals surface area (Å²) in [6.07, 6.45) is 0. The van der Waals surface area contributed by atoms with Crippen molar-refractivity contribution in [3.8, 4) is 11.8 Å². The smallest absolute Gasteiger partial charge is 0.387 e. The summed E-state index contributed by atoms with van der Waals surface area (Å²) in [4.78, 5) is 21.0. The molecule has 0 fully saturated rings. The van der Waals surface area contributed by atoms with Gasteiger partial charge in [0.25, 0.3) is 0 Å². The first-order chi connectivity index (χ1) is 8.90. The number of nitro groups is 1. The average molecular weight is 272 g/mol. The number of carbonyl (C=O) groups is 1. The minimum atomic E-state index is -3.30. The highest BCUT2D eigenvalue weighted by Gasteiger charge is 2.25. The molecular formula is C10H6F2N2O5. The van der Waals surface area contributed by atoms with Gasteiger partial charge in [0.2, 0.25) is 5.75 Å². The molecule has 19 heavy (non-hydrogen) atoms. The van der Waals surface area contributed by atoms with Gasteiger partial charge in [-0.1, -0.05) is 0 Å². The maximum atomic E-state index is 12.1. The lowest BCUT2D eigenvalue weighted by atomic mass is 10.1. The highest BCUT2D eigenvalue weighted by molar-refractivity contribution is 5.93. The van der Waals surface area contributed by atoms with Crippen LogP contribution in [0.5, 0.6) is 5.75 Å². The lowest BCUT2D eigenvalue weighted by molar-refractivity contribution is -0.386. The fraction of sp³-hybridized carbons (Fsp3) is 0.200. The van der Waals surface area contributed by atoms with Crippen molar-refractivity contribution >= 4 is 11.7 Å². The van der Waals surface area contributed by atoms with Gasteiger partial charge in [0.1, 0.15) is 6.07 Å². The lowest BCUT2D eigenvalue weighted by Crippen LogP contribution is -2.09. The van der Waals surface area contributed by atoms with Crippen molar-refractivity contribution in [3.63, 3.8) is 0 Å². The molecule has 0 aromatic heterocycles. The molecule has 0 N–H and O–H groups in total. The monoisotopic (exact) mass is 272 g/mol. The molecule has 1 aromatic carbocycles. The largest absolute Gasteiger partial charge is 0.465 e. The zero-order valence-electron chi connectivity index (χ0n) is 9.42. The third-order valence-electron chi connectivity index (χ3n) is 2.04. The molecule has 0 unspecified atom stereocenters. The standard InChI is InChI=1S/C10H6F2N2O5/c1-18-9(15)6-3-7(14(16)17)8(19-10(11)12)2-5(6)4-13/h2-3,10H,1H3. The number of ether oxygens (including phenoxy) is 2. The van der Waals surface area contributed by atoms with E-state index in [0.717, 1.165) is 7.11 Å². The van der Waals surface area contributed by atoms with Crippen LogP contribution in [-0.4, -0.2) is 24.6 Å². The van der Waals surface area contributed by atoms with Crippen molar-refractivity contribution in [3.05, 3.63) is 33.4 Å². The predicted octanol–water partition coefficient (Wildman–Crippen LogP) is 1.85. The predicted molar refractivity (Wildman–Crippen MR) is 55.8 cm³/mol. The fourth-order valence-corrected chi connectivity index (χ4v) is 1.27. The molecule has 0 atom stereocenters. The number of esters is 1. The van der Waals surface area contributed by atoms with Gasteiger partial charge < -0.3 is 9.47 Å². The molecule has 0 spiro atoms. The van der Waals surface area contributed by atoms with Crippen LogP contribution in [0.15, 0.2) is 12.1 Å². The Hall–Kier alpha value is -2.76. The summed E-state index contributed by atoms with van der Waals surface area (Å²) in [5.41, 5.74) is -1.63. The summed E-state index contributed by atoms with van der Waals surface area (Å²) < 4.78 is 32.5. The third kappa shape index (κ3) is 3.12. The molecule has 0 saturated carbocycles. The zero-order valence-corrected chi connectivity index (χ0v) is 9.42. The minimum Gasteiger partial charge on any atom is -0.465 e. The van der Waals surface area contributed by atoms with Gasteiger partial charge in [-0.2, -0.15) is 14.0 Å². The Kier molecular flexibility index (Phi) is 4.31. The molecule has 0 heterocycles. The number of rotatable bonds is 4. The van der Waals surface area contributed by atoms with Crippen LogP contribution < -0.4 is 4.74 Å². The molecule has 0 aliphatic heterocycles. The van der Waals surface area contributed by atoms with Gasteiger partial charge in [-0.05, 0) is 0 Å². The van der Waals surface area contributed by atoms with Gasteiger partial charge in [-0.15, -0.1) is 0 Å². The van der Waals surface area contributed by atoms with Crippen molar-refractivity contribution in [1.82, 2.24) is 0 Å². The third-order valence-corrected chi connectivity index (χ3v) is 2.04. The van der Waals surface area contributed by atoms with Crippen molar-refractivity contribution in [2.45, 2.75) is 6.61 Å². The minimum absolute atomic E-state index is 0.367. The second-order valence-corrected chi connectivity index (χ2v) is 3.10. The number of halogens is 2. The van der Waals surface area contributed by atoms with Crippen LogP contribution in [0.1, 0.15) is 15.9 Å². The Morgan fingerprint density at radius 3 is 2.58 bits per heavy atom. The number of nitrogens with zero attached hydrogens (tertiary/aromatic N) is 2. The van der Waals surface area contributed by atoms with Crippen LogP contribution in [-0.2, 0) is 4.74 Å². The molecular weight excluding hydrogens is 266 g/mol. The van der Waals surface area contributed by atoms with Crippen LogP contribution in [0.4, 0.5) is 14.5 Å². The summed E-state index contributed by atoms with van der Waals surface area (Å²) in [5.74, 6) is -1.80. The fourth-order valence-electron chi connectivity index (χ4n) is 1.27. The number of methoxy groups -OCH3 is 1. The van der Waals surface area contributed by atoms with Crippen LogP contribution in [0.2, 0.25) is 0 Å². The molecule has 0 radical (unpaired) electrons. The Labute approximate surface area is 105 Å². The van der Waals surface area contributed by atoms with Crippen molar-refractivity contribution in [2.75, 3.05) is 7.11 Å². The molecule has 100 valence electrons. The average Bonchev–Trinajstić information content (AvgIpc) is 2.36. The van der Waals surface area contributed by atoms with Crippen LogP contribution in [0, 0.1) is 21.4 Å². The summed E-state index contributed by atoms with van der Waals surface area (Å²) in [6, 6.07) is 2.89. The van der Waals surface area contributed by atoms with E-state index in [1.54, 1.807) is 6.07 Å². The second-order valence-electron chi connectivity index (χ2n) is 3.10. The van der Waals surface area contributed by atoms with Crippen molar-refractivity contribution < 1.29 is 28.0 Å². The molecule has 0 bridgehead atoms. The number of benzene rings is 1. The summed E-state index contributed by atoms with van der Waals surface area (Å²) >= 11 is 0. The van der Waals surface area contributed by atoms with E-state index in [1.807, 2.05) is 0 Å². The van der Waals surface area contributed by atoms with Gasteiger partial charge >= 0.3 is 18.3 Å². The van der Waals surface area contributed by atoms with Gasteiger partial charge in [0, 0.05) is 12.1 Å². The van der Waals surface area contributed by atoms with Gasteiger partial charge in [-0.25, -0.2) is 4.79 Å². The zero-order chi connectivity index (χ0) is 14.6. The number of alkyl halides is 2.